The molecule has 144 valence electrons. The van der Waals surface area contributed by atoms with Crippen LogP contribution in [0.15, 0.2) is 48.5 Å². The lowest BCUT2D eigenvalue weighted by molar-refractivity contribution is -0.132. The zero-order valence-electron chi connectivity index (χ0n) is 15.3. The fourth-order valence-corrected chi connectivity index (χ4v) is 3.11. The van der Waals surface area contributed by atoms with Gasteiger partial charge in [-0.05, 0) is 43.2 Å². The molecule has 2 aromatic rings. The summed E-state index contributed by atoms with van der Waals surface area (Å²) in [5.41, 5.74) is 1.03. The Morgan fingerprint density at radius 2 is 1.78 bits per heavy atom. The van der Waals surface area contributed by atoms with E-state index in [4.69, 9.17) is 21.1 Å². The van der Waals surface area contributed by atoms with Crippen molar-refractivity contribution < 1.29 is 14.3 Å². The second kappa shape index (κ2) is 10.2. The summed E-state index contributed by atoms with van der Waals surface area (Å²) in [7, 11) is 0. The van der Waals surface area contributed by atoms with E-state index in [-0.39, 0.29) is 12.5 Å². The van der Waals surface area contributed by atoms with E-state index in [0.29, 0.717) is 24.7 Å². The average molecular weight is 389 g/mol. The maximum atomic E-state index is 12.1. The number of para-hydroxylation sites is 1. The largest absolute Gasteiger partial charge is 0.492 e. The number of halogens is 1. The Bertz CT molecular complexity index is 730. The highest BCUT2D eigenvalue weighted by Crippen LogP contribution is 2.18. The van der Waals surface area contributed by atoms with Crippen LogP contribution in [0.3, 0.4) is 0 Å². The maximum Gasteiger partial charge on any atom is 0.260 e. The topological polar surface area (TPSA) is 50.8 Å². The first-order valence-electron chi connectivity index (χ1n) is 9.30. The minimum Gasteiger partial charge on any atom is -0.492 e. The molecule has 1 N–H and O–H groups in total. The highest BCUT2D eigenvalue weighted by molar-refractivity contribution is 6.30. The van der Waals surface area contributed by atoms with Gasteiger partial charge in [-0.15, -0.1) is 0 Å². The number of benzene rings is 2. The molecule has 27 heavy (non-hydrogen) atoms. The molecule has 2 aromatic carbocycles. The van der Waals surface area contributed by atoms with Gasteiger partial charge in [0.25, 0.3) is 5.91 Å². The zero-order chi connectivity index (χ0) is 18.9. The number of likely N-dealkylation sites (tertiary alicyclic amines) is 1. The van der Waals surface area contributed by atoms with Gasteiger partial charge in [0.15, 0.2) is 6.61 Å². The smallest absolute Gasteiger partial charge is 0.260 e. The summed E-state index contributed by atoms with van der Waals surface area (Å²) in [5.74, 6) is 1.60. The zero-order valence-corrected chi connectivity index (χ0v) is 16.1. The van der Waals surface area contributed by atoms with Gasteiger partial charge in [0, 0.05) is 36.8 Å². The Morgan fingerprint density at radius 1 is 1.04 bits per heavy atom. The van der Waals surface area contributed by atoms with Crippen LogP contribution in [-0.4, -0.2) is 43.7 Å². The van der Waals surface area contributed by atoms with E-state index in [9.17, 15) is 4.79 Å². The molecular formula is C21H25ClN2O3. The van der Waals surface area contributed by atoms with E-state index >= 15 is 0 Å². The summed E-state index contributed by atoms with van der Waals surface area (Å²) in [5, 5.41) is 4.03. The SMILES string of the molecule is O=C(COc1ccccc1CNCCOc1ccc(Cl)cc1)N1CCCC1. The number of amides is 1. The highest BCUT2D eigenvalue weighted by Gasteiger charge is 2.18. The van der Waals surface area contributed by atoms with Gasteiger partial charge in [0.2, 0.25) is 0 Å². The summed E-state index contributed by atoms with van der Waals surface area (Å²) < 4.78 is 11.4. The lowest BCUT2D eigenvalue weighted by atomic mass is 10.2. The third-order valence-electron chi connectivity index (χ3n) is 4.46. The molecule has 0 aliphatic carbocycles. The van der Waals surface area contributed by atoms with Crippen LogP contribution in [0.25, 0.3) is 0 Å². The predicted octanol–water partition coefficient (Wildman–Crippen LogP) is 3.51. The van der Waals surface area contributed by atoms with Crippen molar-refractivity contribution in [1.82, 2.24) is 10.2 Å². The lowest BCUT2D eigenvalue weighted by Crippen LogP contribution is -2.32. The van der Waals surface area contributed by atoms with E-state index in [1.807, 2.05) is 41.3 Å². The van der Waals surface area contributed by atoms with Crippen molar-refractivity contribution in [3.05, 3.63) is 59.1 Å². The van der Waals surface area contributed by atoms with Gasteiger partial charge in [0.05, 0.1) is 0 Å². The van der Waals surface area contributed by atoms with Crippen LogP contribution in [0, 0.1) is 0 Å². The number of ether oxygens (including phenoxy) is 2. The van der Waals surface area contributed by atoms with Gasteiger partial charge in [-0.2, -0.15) is 0 Å². The standard InChI is InChI=1S/C21H25ClN2O3/c22-18-7-9-19(10-8-18)26-14-11-23-15-17-5-1-2-6-20(17)27-16-21(25)24-12-3-4-13-24/h1-2,5-10,23H,3-4,11-16H2. The van der Waals surface area contributed by atoms with Gasteiger partial charge in [-0.1, -0.05) is 29.8 Å². The van der Waals surface area contributed by atoms with Crippen LogP contribution < -0.4 is 14.8 Å². The summed E-state index contributed by atoms with van der Waals surface area (Å²) in [6.45, 7) is 3.69. The van der Waals surface area contributed by atoms with Crippen LogP contribution in [0.4, 0.5) is 0 Å². The number of nitrogens with one attached hydrogen (secondary N) is 1. The van der Waals surface area contributed by atoms with E-state index < -0.39 is 0 Å². The molecule has 6 heteroatoms. The average Bonchev–Trinajstić information content (AvgIpc) is 3.23. The van der Waals surface area contributed by atoms with E-state index in [1.54, 1.807) is 12.1 Å². The summed E-state index contributed by atoms with van der Waals surface area (Å²) >= 11 is 5.86. The van der Waals surface area contributed by atoms with E-state index in [0.717, 1.165) is 43.0 Å². The van der Waals surface area contributed by atoms with Gasteiger partial charge >= 0.3 is 0 Å². The molecule has 0 aromatic heterocycles. The molecule has 1 fully saturated rings. The Balaban J connectivity index is 1.40. The quantitative estimate of drug-likeness (QED) is 0.668. The molecule has 1 heterocycles. The molecule has 0 unspecified atom stereocenters. The fraction of sp³-hybridized carbons (Fsp3) is 0.381. The van der Waals surface area contributed by atoms with Gasteiger partial charge in [-0.3, -0.25) is 4.79 Å². The Hall–Kier alpha value is -2.24. The van der Waals surface area contributed by atoms with Gasteiger partial charge < -0.3 is 19.7 Å². The molecule has 1 amide bonds. The molecule has 0 saturated carbocycles. The molecule has 0 spiro atoms. The third kappa shape index (κ3) is 6.15. The molecular weight excluding hydrogens is 364 g/mol. The minimum absolute atomic E-state index is 0.0617. The normalized spacial score (nSPS) is 13.6. The van der Waals surface area contributed by atoms with Crippen LogP contribution in [0.1, 0.15) is 18.4 Å². The maximum absolute atomic E-state index is 12.1. The first-order valence-corrected chi connectivity index (χ1v) is 9.68. The van der Waals surface area contributed by atoms with Gasteiger partial charge in [0.1, 0.15) is 18.1 Å². The van der Waals surface area contributed by atoms with Crippen molar-refractivity contribution in [2.24, 2.45) is 0 Å². The fourth-order valence-electron chi connectivity index (χ4n) is 2.98. The second-order valence-corrected chi connectivity index (χ2v) is 6.90. The van der Waals surface area contributed by atoms with Crippen molar-refractivity contribution >= 4 is 17.5 Å². The number of carbonyl (C=O) groups is 1. The van der Waals surface area contributed by atoms with Crippen LogP contribution in [0.2, 0.25) is 5.02 Å². The number of hydrogen-bond donors (Lipinski definition) is 1. The Kier molecular flexibility index (Phi) is 7.36. The molecule has 5 nitrogen and oxygen atoms in total. The molecule has 3 rings (SSSR count). The van der Waals surface area contributed by atoms with Crippen molar-refractivity contribution in [2.75, 3.05) is 32.8 Å². The van der Waals surface area contributed by atoms with Crippen molar-refractivity contribution in [1.29, 1.82) is 0 Å². The van der Waals surface area contributed by atoms with Crippen molar-refractivity contribution in [3.8, 4) is 11.5 Å². The number of carbonyl (C=O) groups excluding carboxylic acids is 1. The Morgan fingerprint density at radius 3 is 2.56 bits per heavy atom. The summed E-state index contributed by atoms with van der Waals surface area (Å²) in [6.07, 6.45) is 2.18. The lowest BCUT2D eigenvalue weighted by Gasteiger charge is -2.17. The van der Waals surface area contributed by atoms with Crippen LogP contribution in [0.5, 0.6) is 11.5 Å². The highest BCUT2D eigenvalue weighted by atomic mass is 35.5. The number of nitrogens with zero attached hydrogens (tertiary/aromatic N) is 1. The molecule has 0 atom stereocenters. The second-order valence-electron chi connectivity index (χ2n) is 6.46. The van der Waals surface area contributed by atoms with E-state index in [1.165, 1.54) is 0 Å². The first-order chi connectivity index (χ1) is 13.2. The Labute approximate surface area is 165 Å². The minimum atomic E-state index is 0.0617. The molecule has 1 aliphatic heterocycles. The number of hydrogen-bond acceptors (Lipinski definition) is 4. The first kappa shape index (κ1) is 19.5. The van der Waals surface area contributed by atoms with Crippen molar-refractivity contribution in [3.63, 3.8) is 0 Å². The summed E-state index contributed by atoms with van der Waals surface area (Å²) in [6, 6.07) is 15.1. The monoisotopic (exact) mass is 388 g/mol. The predicted molar refractivity (Wildman–Crippen MR) is 106 cm³/mol. The number of rotatable bonds is 9. The molecule has 0 bridgehead atoms. The third-order valence-corrected chi connectivity index (χ3v) is 4.71. The van der Waals surface area contributed by atoms with Gasteiger partial charge in [-0.25, -0.2) is 0 Å². The van der Waals surface area contributed by atoms with Crippen LogP contribution >= 0.6 is 11.6 Å². The van der Waals surface area contributed by atoms with Crippen LogP contribution in [-0.2, 0) is 11.3 Å². The molecule has 1 saturated heterocycles. The molecule has 1 aliphatic rings. The molecule has 0 radical (unpaired) electrons. The van der Waals surface area contributed by atoms with Crippen molar-refractivity contribution in [2.45, 2.75) is 19.4 Å². The van der Waals surface area contributed by atoms with E-state index in [2.05, 4.69) is 5.32 Å². The summed E-state index contributed by atoms with van der Waals surface area (Å²) in [4.78, 5) is 14.0.